The minimum absolute atomic E-state index is 0.0480. The zero-order valence-electron chi connectivity index (χ0n) is 19.0. The van der Waals surface area contributed by atoms with Crippen LogP contribution in [0.1, 0.15) is 12.7 Å². The number of carboxylic acids is 1. The number of oxime groups is 1. The molecule has 0 spiro atoms. The van der Waals surface area contributed by atoms with Crippen LogP contribution in [0.25, 0.3) is 0 Å². The van der Waals surface area contributed by atoms with Crippen molar-refractivity contribution in [1.82, 2.24) is 19.6 Å². The van der Waals surface area contributed by atoms with Crippen molar-refractivity contribution in [1.29, 1.82) is 0 Å². The number of hydrogen-bond donors (Lipinski definition) is 4. The van der Waals surface area contributed by atoms with Crippen molar-refractivity contribution in [3.8, 4) is 0 Å². The van der Waals surface area contributed by atoms with E-state index in [1.807, 2.05) is 0 Å². The molecule has 4 heterocycles. The molecule has 2 aliphatic heterocycles. The molecule has 1 saturated heterocycles. The number of nitrogen functional groups attached to an aromatic ring is 1. The molecule has 2 atom stereocenters. The maximum atomic E-state index is 13.0. The number of β-lactam (4-membered cyclic amide) rings is 1. The lowest BCUT2D eigenvalue weighted by Gasteiger charge is -2.49. The van der Waals surface area contributed by atoms with Crippen LogP contribution >= 0.6 is 23.3 Å². The number of aromatic nitrogens is 3. The monoisotopic (exact) mass is 570 g/mol. The molecule has 1 unspecified atom stereocenters. The van der Waals surface area contributed by atoms with Crippen molar-refractivity contribution in [3.63, 3.8) is 0 Å². The van der Waals surface area contributed by atoms with Crippen LogP contribution < -0.4 is 15.6 Å². The third kappa shape index (κ3) is 5.41. The molecule has 0 saturated carbocycles. The number of aliphatic carboxylic acids is 1. The van der Waals surface area contributed by atoms with E-state index in [0.29, 0.717) is 5.57 Å². The van der Waals surface area contributed by atoms with E-state index in [-0.39, 0.29) is 46.2 Å². The van der Waals surface area contributed by atoms with E-state index in [4.69, 9.17) is 10.6 Å². The van der Waals surface area contributed by atoms with Gasteiger partial charge in [0.2, 0.25) is 11.5 Å². The Morgan fingerprint density at radius 1 is 1.43 bits per heavy atom. The number of fused-ring (bicyclic) bond motifs is 1. The van der Waals surface area contributed by atoms with Crippen LogP contribution in [-0.2, 0) is 35.9 Å². The van der Waals surface area contributed by atoms with Crippen molar-refractivity contribution in [2.75, 3.05) is 18.1 Å². The lowest BCUT2D eigenvalue weighted by molar-refractivity contribution is -0.690. The number of carboxylic acid groups (broad SMARTS) is 1. The van der Waals surface area contributed by atoms with Crippen molar-refractivity contribution < 1.29 is 41.9 Å². The Morgan fingerprint density at radius 2 is 2.19 bits per heavy atom. The quantitative estimate of drug-likeness (QED) is 0.0922. The Balaban J connectivity index is 1.55. The van der Waals surface area contributed by atoms with Gasteiger partial charge in [0, 0.05) is 28.9 Å². The molecule has 5 N–H and O–H groups in total. The first-order valence-electron chi connectivity index (χ1n) is 10.5. The summed E-state index contributed by atoms with van der Waals surface area (Å²) < 4.78 is 37.5. The first kappa shape index (κ1) is 26.5. The molecule has 2 aliphatic rings. The second-order valence-electron chi connectivity index (χ2n) is 7.62. The average Bonchev–Trinajstić information content (AvgIpc) is 3.27. The number of anilines is 1. The third-order valence-electron chi connectivity index (χ3n) is 5.19. The average molecular weight is 571 g/mol. The number of pyridine rings is 1. The highest BCUT2D eigenvalue weighted by atomic mass is 32.2. The molecule has 0 aromatic carbocycles. The zero-order valence-corrected chi connectivity index (χ0v) is 21.4. The predicted octanol–water partition coefficient (Wildman–Crippen LogP) is -1.17. The summed E-state index contributed by atoms with van der Waals surface area (Å²) in [6.45, 7) is 1.77. The number of nitrogens with zero attached hydrogens (tertiary/aromatic N) is 5. The standard InChI is InChI=1S/C19H19N7O8S3/c1-2-34-23-11(14-22-19(20)36-24-14)15(27)21-12-16(28)26-13(18(29)30)9(8-35-17(12)26)6-25-5-3-4-10(7-25)37(31,32)33/h3-5,7,12,17H,2,6,8H2,1H3,(H4-,20,21,22,24,27,29,30,31,32,33)/p+1/t12?,17-/m1/s1. The summed E-state index contributed by atoms with van der Waals surface area (Å²) in [7, 11) is -4.46. The highest BCUT2D eigenvalue weighted by Gasteiger charge is 2.55. The fourth-order valence-corrected chi connectivity index (χ4v) is 5.92. The minimum Gasteiger partial charge on any atom is -0.477 e. The molecule has 1 fully saturated rings. The SMILES string of the molecule is CCON=C(C(=O)NC1C(=O)N2C(C(=O)O)=C(C[n+]3cccc(S(=O)(=O)O)c3)CS[C@H]12)c1nsc(N)n1. The zero-order chi connectivity index (χ0) is 26.9. The number of amides is 2. The molecule has 0 aliphatic carbocycles. The number of nitrogens with two attached hydrogens (primary N) is 1. The van der Waals surface area contributed by atoms with Crippen LogP contribution in [0.15, 0.2) is 45.8 Å². The van der Waals surface area contributed by atoms with Crippen LogP contribution in [0.2, 0.25) is 0 Å². The summed E-state index contributed by atoms with van der Waals surface area (Å²) >= 11 is 2.07. The van der Waals surface area contributed by atoms with E-state index in [1.165, 1.54) is 34.7 Å². The molecule has 0 bridgehead atoms. The molecule has 2 amide bonds. The molecule has 15 nitrogen and oxygen atoms in total. The highest BCUT2D eigenvalue weighted by Crippen LogP contribution is 2.40. The molecular formula is C19H20N7O8S3+. The van der Waals surface area contributed by atoms with Crippen LogP contribution in [0, 0.1) is 0 Å². The van der Waals surface area contributed by atoms with Gasteiger partial charge in [0.25, 0.3) is 21.9 Å². The van der Waals surface area contributed by atoms with Gasteiger partial charge < -0.3 is 21.0 Å². The fourth-order valence-electron chi connectivity index (χ4n) is 3.63. The van der Waals surface area contributed by atoms with E-state index in [9.17, 15) is 32.5 Å². The minimum atomic E-state index is -4.46. The predicted molar refractivity (Wildman–Crippen MR) is 129 cm³/mol. The molecule has 18 heteroatoms. The molecular weight excluding hydrogens is 550 g/mol. The Labute approximate surface area is 217 Å². The Morgan fingerprint density at radius 3 is 2.81 bits per heavy atom. The number of carbonyl (C=O) groups is 3. The van der Waals surface area contributed by atoms with E-state index in [0.717, 1.165) is 22.6 Å². The van der Waals surface area contributed by atoms with E-state index < -0.39 is 39.3 Å². The fraction of sp³-hybridized carbons (Fsp3) is 0.316. The summed E-state index contributed by atoms with van der Waals surface area (Å²) in [6, 6.07) is 1.52. The molecule has 0 radical (unpaired) electrons. The van der Waals surface area contributed by atoms with Crippen molar-refractivity contribution in [2.24, 2.45) is 5.16 Å². The number of carbonyl (C=O) groups excluding carboxylic acids is 2. The summed E-state index contributed by atoms with van der Waals surface area (Å²) in [5.74, 6) is -2.71. The van der Waals surface area contributed by atoms with E-state index >= 15 is 0 Å². The maximum Gasteiger partial charge on any atom is 0.352 e. The number of hydrogen-bond acceptors (Lipinski definition) is 12. The lowest BCUT2D eigenvalue weighted by Crippen LogP contribution is -2.71. The second-order valence-corrected chi connectivity index (χ2v) is 10.9. The summed E-state index contributed by atoms with van der Waals surface area (Å²) in [6.07, 6.45) is 2.65. The van der Waals surface area contributed by atoms with Gasteiger partial charge in [0.05, 0.1) is 0 Å². The van der Waals surface area contributed by atoms with Gasteiger partial charge in [0.15, 0.2) is 29.0 Å². The van der Waals surface area contributed by atoms with Gasteiger partial charge in [-0.25, -0.2) is 4.79 Å². The maximum absolute atomic E-state index is 13.0. The van der Waals surface area contributed by atoms with Gasteiger partial charge in [-0.1, -0.05) is 5.16 Å². The van der Waals surface area contributed by atoms with Crippen LogP contribution in [0.5, 0.6) is 0 Å². The number of thioether (sulfide) groups is 1. The van der Waals surface area contributed by atoms with Gasteiger partial charge >= 0.3 is 5.97 Å². The molecule has 37 heavy (non-hydrogen) atoms. The van der Waals surface area contributed by atoms with Crippen LogP contribution in [-0.4, -0.2) is 79.6 Å². The van der Waals surface area contributed by atoms with Gasteiger partial charge in [-0.3, -0.25) is 19.0 Å². The number of nitrogens with one attached hydrogen (secondary N) is 1. The second kappa shape index (κ2) is 10.4. The van der Waals surface area contributed by atoms with E-state index in [1.54, 1.807) is 6.92 Å². The van der Waals surface area contributed by atoms with Crippen LogP contribution in [0.3, 0.4) is 0 Å². The topological polar surface area (TPSA) is 218 Å². The van der Waals surface area contributed by atoms with Gasteiger partial charge in [0.1, 0.15) is 23.7 Å². The Bertz CT molecular complexity index is 1440. The normalized spacial score (nSPS) is 19.8. The largest absolute Gasteiger partial charge is 0.477 e. The van der Waals surface area contributed by atoms with E-state index in [2.05, 4.69) is 19.8 Å². The third-order valence-corrected chi connectivity index (χ3v) is 7.91. The lowest BCUT2D eigenvalue weighted by atomic mass is 10.0. The highest BCUT2D eigenvalue weighted by molar-refractivity contribution is 8.00. The molecule has 2 aromatic heterocycles. The van der Waals surface area contributed by atoms with Gasteiger partial charge in [-0.15, -0.1) is 11.8 Å². The van der Waals surface area contributed by atoms with Gasteiger partial charge in [-0.05, 0) is 13.0 Å². The summed E-state index contributed by atoms with van der Waals surface area (Å²) in [5, 5.41) is 15.5. The van der Waals surface area contributed by atoms with Crippen molar-refractivity contribution in [3.05, 3.63) is 41.6 Å². The smallest absolute Gasteiger partial charge is 0.352 e. The summed E-state index contributed by atoms with van der Waals surface area (Å²) in [5.41, 5.74) is 5.37. The molecule has 196 valence electrons. The molecule has 2 aromatic rings. The molecule has 4 rings (SSSR count). The number of rotatable bonds is 9. The first-order valence-corrected chi connectivity index (χ1v) is 13.7. The Hall–Kier alpha value is -3.61. The van der Waals surface area contributed by atoms with Gasteiger partial charge in [-0.2, -0.15) is 22.3 Å². The first-order chi connectivity index (χ1) is 17.5. The van der Waals surface area contributed by atoms with Crippen molar-refractivity contribution >= 4 is 62.0 Å². The van der Waals surface area contributed by atoms with Crippen molar-refractivity contribution in [2.45, 2.75) is 29.8 Å². The van der Waals surface area contributed by atoms with Crippen LogP contribution in [0.4, 0.5) is 5.13 Å². The summed E-state index contributed by atoms with van der Waals surface area (Å²) in [4.78, 5) is 47.6. The Kier molecular flexibility index (Phi) is 7.44.